The van der Waals surface area contributed by atoms with E-state index in [9.17, 15) is 0 Å². The van der Waals surface area contributed by atoms with E-state index in [1.165, 1.54) is 0 Å². The van der Waals surface area contributed by atoms with Crippen LogP contribution in [-0.4, -0.2) is 26.4 Å². The van der Waals surface area contributed by atoms with E-state index < -0.39 is 0 Å². The van der Waals surface area contributed by atoms with Gasteiger partial charge in [-0.3, -0.25) is 0 Å². The third kappa shape index (κ3) is 2.98. The molecule has 1 saturated heterocycles. The van der Waals surface area contributed by atoms with Crippen LogP contribution in [0.3, 0.4) is 0 Å². The van der Waals surface area contributed by atoms with E-state index in [0.29, 0.717) is 12.5 Å². The number of rotatable bonds is 2. The van der Waals surface area contributed by atoms with E-state index in [1.807, 2.05) is 12.1 Å². The zero-order chi connectivity index (χ0) is 13.1. The van der Waals surface area contributed by atoms with Crippen LogP contribution in [0.2, 0.25) is 0 Å². The number of hydrogen-bond donors (Lipinski definition) is 0. The van der Waals surface area contributed by atoms with E-state index in [0.717, 1.165) is 56.1 Å². The summed E-state index contributed by atoms with van der Waals surface area (Å²) in [7, 11) is 0. The summed E-state index contributed by atoms with van der Waals surface area (Å²) in [4.78, 5) is 0. The molecule has 0 amide bonds. The maximum atomic E-state index is 6.62. The van der Waals surface area contributed by atoms with Gasteiger partial charge in [-0.25, -0.2) is 0 Å². The first-order valence-electron chi connectivity index (χ1n) is 6.96. The van der Waals surface area contributed by atoms with Crippen molar-refractivity contribution in [2.45, 2.75) is 24.6 Å². The molecule has 2 aliphatic rings. The van der Waals surface area contributed by atoms with Crippen molar-refractivity contribution in [2.24, 2.45) is 5.92 Å². The van der Waals surface area contributed by atoms with Crippen LogP contribution >= 0.6 is 11.6 Å². The predicted octanol–water partition coefficient (Wildman–Crippen LogP) is 3.55. The monoisotopic (exact) mass is 282 g/mol. The molecule has 3 nitrogen and oxygen atoms in total. The zero-order valence-corrected chi connectivity index (χ0v) is 11.7. The van der Waals surface area contributed by atoms with Crippen LogP contribution in [0.15, 0.2) is 18.2 Å². The van der Waals surface area contributed by atoms with Crippen molar-refractivity contribution < 1.29 is 14.2 Å². The standard InChI is InChI=1S/C15H19ClO3/c16-15(11-4-8-17-9-5-11)12-2-3-13-14(10-12)19-7-1-6-18-13/h2-3,10-11,15H,1,4-9H2. The lowest BCUT2D eigenvalue weighted by Crippen LogP contribution is -2.19. The lowest BCUT2D eigenvalue weighted by Gasteiger charge is -2.26. The highest BCUT2D eigenvalue weighted by Crippen LogP contribution is 2.39. The van der Waals surface area contributed by atoms with Gasteiger partial charge in [-0.2, -0.15) is 0 Å². The molecule has 0 N–H and O–H groups in total. The number of alkyl halides is 1. The number of halogens is 1. The van der Waals surface area contributed by atoms with E-state index in [-0.39, 0.29) is 5.38 Å². The Morgan fingerprint density at radius 2 is 1.74 bits per heavy atom. The molecular weight excluding hydrogens is 264 g/mol. The van der Waals surface area contributed by atoms with Crippen molar-refractivity contribution >= 4 is 11.6 Å². The van der Waals surface area contributed by atoms with Crippen LogP contribution in [0.1, 0.15) is 30.2 Å². The molecule has 1 atom stereocenters. The Morgan fingerprint density at radius 1 is 1.00 bits per heavy atom. The summed E-state index contributed by atoms with van der Waals surface area (Å²) in [6.45, 7) is 3.06. The third-order valence-electron chi connectivity index (χ3n) is 3.77. The van der Waals surface area contributed by atoms with Gasteiger partial charge in [-0.15, -0.1) is 11.6 Å². The fourth-order valence-electron chi connectivity index (χ4n) is 2.63. The molecule has 0 radical (unpaired) electrons. The smallest absolute Gasteiger partial charge is 0.161 e. The Hall–Kier alpha value is -0.930. The summed E-state index contributed by atoms with van der Waals surface area (Å²) in [6.07, 6.45) is 2.99. The van der Waals surface area contributed by atoms with Crippen molar-refractivity contribution in [3.63, 3.8) is 0 Å². The molecule has 0 bridgehead atoms. The van der Waals surface area contributed by atoms with Crippen LogP contribution in [0.5, 0.6) is 11.5 Å². The normalized spacial score (nSPS) is 21.7. The van der Waals surface area contributed by atoms with Gasteiger partial charge in [-0.05, 0) is 36.5 Å². The summed E-state index contributed by atoms with van der Waals surface area (Å²) in [5.74, 6) is 2.14. The van der Waals surface area contributed by atoms with Gasteiger partial charge in [0.15, 0.2) is 11.5 Å². The Balaban J connectivity index is 1.78. The average molecular weight is 283 g/mol. The molecule has 0 spiro atoms. The second kappa shape index (κ2) is 6.02. The number of ether oxygens (including phenoxy) is 3. The SMILES string of the molecule is ClC(c1ccc2c(c1)OCCCO2)C1CCOCC1. The van der Waals surface area contributed by atoms with E-state index in [4.69, 9.17) is 25.8 Å². The van der Waals surface area contributed by atoms with Crippen molar-refractivity contribution in [3.05, 3.63) is 23.8 Å². The van der Waals surface area contributed by atoms with Crippen LogP contribution in [-0.2, 0) is 4.74 Å². The predicted molar refractivity (Wildman–Crippen MR) is 74.2 cm³/mol. The van der Waals surface area contributed by atoms with Gasteiger partial charge in [0.1, 0.15) is 0 Å². The Labute approximate surface area is 118 Å². The molecule has 2 heterocycles. The molecule has 1 unspecified atom stereocenters. The van der Waals surface area contributed by atoms with Crippen LogP contribution in [0.4, 0.5) is 0 Å². The Morgan fingerprint density at radius 3 is 2.53 bits per heavy atom. The molecule has 0 aliphatic carbocycles. The second-order valence-corrected chi connectivity index (χ2v) is 5.58. The fourth-order valence-corrected chi connectivity index (χ4v) is 3.02. The first-order chi connectivity index (χ1) is 9.34. The molecule has 104 valence electrons. The van der Waals surface area contributed by atoms with Crippen LogP contribution < -0.4 is 9.47 Å². The second-order valence-electron chi connectivity index (χ2n) is 5.11. The average Bonchev–Trinajstić information content (AvgIpc) is 2.72. The maximum absolute atomic E-state index is 6.62. The van der Waals surface area contributed by atoms with Crippen molar-refractivity contribution in [1.29, 1.82) is 0 Å². The van der Waals surface area contributed by atoms with Crippen LogP contribution in [0, 0.1) is 5.92 Å². The highest BCUT2D eigenvalue weighted by atomic mass is 35.5. The number of hydrogen-bond acceptors (Lipinski definition) is 3. The van der Waals surface area contributed by atoms with Gasteiger partial charge >= 0.3 is 0 Å². The first kappa shape index (κ1) is 13.1. The van der Waals surface area contributed by atoms with Gasteiger partial charge in [0.25, 0.3) is 0 Å². The Kier molecular flexibility index (Phi) is 4.14. The molecule has 1 aromatic rings. The molecule has 0 aromatic heterocycles. The maximum Gasteiger partial charge on any atom is 0.161 e. The minimum Gasteiger partial charge on any atom is -0.490 e. The number of benzene rings is 1. The van der Waals surface area contributed by atoms with E-state index in [2.05, 4.69) is 6.07 Å². The molecule has 1 aromatic carbocycles. The number of fused-ring (bicyclic) bond motifs is 1. The van der Waals surface area contributed by atoms with Gasteiger partial charge < -0.3 is 14.2 Å². The third-order valence-corrected chi connectivity index (χ3v) is 4.38. The van der Waals surface area contributed by atoms with Gasteiger partial charge in [0.2, 0.25) is 0 Å². The molecule has 4 heteroatoms. The molecule has 2 aliphatic heterocycles. The minimum absolute atomic E-state index is 0.0288. The highest BCUT2D eigenvalue weighted by Gasteiger charge is 2.24. The lowest BCUT2D eigenvalue weighted by molar-refractivity contribution is 0.0650. The highest BCUT2D eigenvalue weighted by molar-refractivity contribution is 6.21. The summed E-state index contributed by atoms with van der Waals surface area (Å²) in [5.41, 5.74) is 1.12. The topological polar surface area (TPSA) is 27.7 Å². The van der Waals surface area contributed by atoms with E-state index >= 15 is 0 Å². The largest absolute Gasteiger partial charge is 0.490 e. The van der Waals surface area contributed by atoms with Gasteiger partial charge in [0, 0.05) is 19.6 Å². The first-order valence-corrected chi connectivity index (χ1v) is 7.39. The Bertz CT molecular complexity index is 429. The lowest BCUT2D eigenvalue weighted by atomic mass is 9.91. The molecule has 0 saturated carbocycles. The van der Waals surface area contributed by atoms with Crippen molar-refractivity contribution in [1.82, 2.24) is 0 Å². The van der Waals surface area contributed by atoms with Crippen molar-refractivity contribution in [2.75, 3.05) is 26.4 Å². The minimum atomic E-state index is 0.0288. The molecular formula is C15H19ClO3. The van der Waals surface area contributed by atoms with Crippen LogP contribution in [0.25, 0.3) is 0 Å². The molecule has 1 fully saturated rings. The fraction of sp³-hybridized carbons (Fsp3) is 0.600. The molecule has 3 rings (SSSR count). The van der Waals surface area contributed by atoms with E-state index in [1.54, 1.807) is 0 Å². The summed E-state index contributed by atoms with van der Waals surface area (Å²) in [6, 6.07) is 6.07. The quantitative estimate of drug-likeness (QED) is 0.777. The summed E-state index contributed by atoms with van der Waals surface area (Å²) < 4.78 is 16.7. The zero-order valence-electron chi connectivity index (χ0n) is 10.9. The van der Waals surface area contributed by atoms with Gasteiger partial charge in [0.05, 0.1) is 18.6 Å². The summed E-state index contributed by atoms with van der Waals surface area (Å²) in [5, 5.41) is 0.0288. The van der Waals surface area contributed by atoms with Crippen molar-refractivity contribution in [3.8, 4) is 11.5 Å². The summed E-state index contributed by atoms with van der Waals surface area (Å²) >= 11 is 6.62. The molecule has 19 heavy (non-hydrogen) atoms. The van der Waals surface area contributed by atoms with Gasteiger partial charge in [-0.1, -0.05) is 6.07 Å².